The molecule has 4 nitrogen and oxygen atoms in total. The zero-order chi connectivity index (χ0) is 12.5. The first-order valence-electron chi connectivity index (χ1n) is 6.45. The van der Waals surface area contributed by atoms with Crippen molar-refractivity contribution in [2.45, 2.75) is 52.1 Å². The van der Waals surface area contributed by atoms with Crippen LogP contribution in [0.15, 0.2) is 0 Å². The molecule has 3 unspecified atom stereocenters. The van der Waals surface area contributed by atoms with E-state index in [9.17, 15) is 10.2 Å². The van der Waals surface area contributed by atoms with Crippen molar-refractivity contribution in [3.05, 3.63) is 0 Å². The van der Waals surface area contributed by atoms with E-state index >= 15 is 0 Å². The molecule has 98 valence electrons. The third-order valence-electron chi connectivity index (χ3n) is 5.34. The molecule has 2 saturated heterocycles. The fraction of sp³-hybridized carbons (Fsp3) is 1.00. The van der Waals surface area contributed by atoms with Gasteiger partial charge < -0.3 is 19.7 Å². The number of hydrogen-bond donors (Lipinski definition) is 2. The highest BCUT2D eigenvalue weighted by atomic mass is 16.7. The summed E-state index contributed by atoms with van der Waals surface area (Å²) in [4.78, 5) is 0. The molecule has 0 spiro atoms. The van der Waals surface area contributed by atoms with Crippen molar-refractivity contribution in [2.24, 2.45) is 16.2 Å². The first-order chi connectivity index (χ1) is 7.79. The van der Waals surface area contributed by atoms with Crippen molar-refractivity contribution >= 4 is 0 Å². The van der Waals surface area contributed by atoms with Crippen LogP contribution in [0.2, 0.25) is 0 Å². The third-order valence-corrected chi connectivity index (χ3v) is 5.34. The SMILES string of the molecule is CC(C)(C)C1(O)OC[C@]23CCCC12COC3O. The lowest BCUT2D eigenvalue weighted by atomic mass is 9.59. The van der Waals surface area contributed by atoms with Crippen molar-refractivity contribution in [1.29, 1.82) is 0 Å². The molecule has 0 bridgehead atoms. The van der Waals surface area contributed by atoms with Crippen molar-refractivity contribution in [1.82, 2.24) is 0 Å². The smallest absolute Gasteiger partial charge is 0.179 e. The fourth-order valence-electron chi connectivity index (χ4n) is 4.34. The Morgan fingerprint density at radius 3 is 2.53 bits per heavy atom. The summed E-state index contributed by atoms with van der Waals surface area (Å²) >= 11 is 0. The molecule has 3 rings (SSSR count). The number of aliphatic hydroxyl groups excluding tert-OH is 1. The average molecular weight is 242 g/mol. The van der Waals surface area contributed by atoms with E-state index in [1.165, 1.54) is 0 Å². The van der Waals surface area contributed by atoms with Crippen molar-refractivity contribution in [3.63, 3.8) is 0 Å². The molecule has 0 amide bonds. The predicted molar refractivity (Wildman–Crippen MR) is 61.0 cm³/mol. The van der Waals surface area contributed by atoms with Gasteiger partial charge >= 0.3 is 0 Å². The molecule has 2 heterocycles. The molecule has 0 aromatic rings. The van der Waals surface area contributed by atoms with Gasteiger partial charge in [0.1, 0.15) is 0 Å². The van der Waals surface area contributed by atoms with Gasteiger partial charge in [-0.2, -0.15) is 0 Å². The minimum atomic E-state index is -1.20. The quantitative estimate of drug-likeness (QED) is 0.671. The number of rotatable bonds is 0. The normalized spacial score (nSPS) is 53.8. The largest absolute Gasteiger partial charge is 0.367 e. The van der Waals surface area contributed by atoms with Gasteiger partial charge in [-0.15, -0.1) is 0 Å². The lowest BCUT2D eigenvalue weighted by Crippen LogP contribution is -2.57. The Morgan fingerprint density at radius 1 is 1.18 bits per heavy atom. The highest BCUT2D eigenvalue weighted by molar-refractivity contribution is 5.20. The maximum Gasteiger partial charge on any atom is 0.179 e. The molecule has 4 atom stereocenters. The summed E-state index contributed by atoms with van der Waals surface area (Å²) in [5, 5.41) is 21.2. The maximum absolute atomic E-state index is 11.1. The Hall–Kier alpha value is -0.160. The van der Waals surface area contributed by atoms with Gasteiger partial charge in [0.2, 0.25) is 0 Å². The van der Waals surface area contributed by atoms with Crippen LogP contribution in [-0.4, -0.2) is 35.5 Å². The van der Waals surface area contributed by atoms with E-state index in [0.717, 1.165) is 19.3 Å². The van der Waals surface area contributed by atoms with Crippen LogP contribution in [0.3, 0.4) is 0 Å². The lowest BCUT2D eigenvalue weighted by molar-refractivity contribution is -0.290. The van der Waals surface area contributed by atoms with Crippen LogP contribution in [0.4, 0.5) is 0 Å². The van der Waals surface area contributed by atoms with E-state index in [1.54, 1.807) is 0 Å². The Kier molecular flexibility index (Phi) is 2.13. The zero-order valence-corrected chi connectivity index (χ0v) is 10.8. The molecular weight excluding hydrogens is 220 g/mol. The molecule has 1 aliphatic carbocycles. The lowest BCUT2D eigenvalue weighted by Gasteiger charge is -2.47. The van der Waals surface area contributed by atoms with Crippen LogP contribution in [0.5, 0.6) is 0 Å². The second kappa shape index (κ2) is 3.05. The molecule has 0 aromatic carbocycles. The fourth-order valence-corrected chi connectivity index (χ4v) is 4.34. The van der Waals surface area contributed by atoms with Crippen LogP contribution < -0.4 is 0 Å². The minimum absolute atomic E-state index is 0.382. The van der Waals surface area contributed by atoms with Gasteiger partial charge in [0.05, 0.1) is 24.0 Å². The van der Waals surface area contributed by atoms with Crippen LogP contribution in [0.25, 0.3) is 0 Å². The van der Waals surface area contributed by atoms with Gasteiger partial charge in [-0.3, -0.25) is 0 Å². The molecule has 1 saturated carbocycles. The molecule has 2 aliphatic heterocycles. The Labute approximate surface area is 102 Å². The first kappa shape index (κ1) is 11.9. The molecule has 4 heteroatoms. The minimum Gasteiger partial charge on any atom is -0.367 e. The van der Waals surface area contributed by atoms with Crippen molar-refractivity contribution < 1.29 is 19.7 Å². The molecular formula is C13H22O4. The van der Waals surface area contributed by atoms with Gasteiger partial charge in [0, 0.05) is 5.41 Å². The Morgan fingerprint density at radius 2 is 1.88 bits per heavy atom. The molecule has 2 N–H and O–H groups in total. The summed E-state index contributed by atoms with van der Waals surface area (Å²) in [5.41, 5.74) is -1.21. The average Bonchev–Trinajstić information content (AvgIpc) is 2.78. The highest BCUT2D eigenvalue weighted by Crippen LogP contribution is 2.71. The molecule has 0 radical (unpaired) electrons. The van der Waals surface area contributed by atoms with Crippen molar-refractivity contribution in [2.75, 3.05) is 13.2 Å². The van der Waals surface area contributed by atoms with Gasteiger partial charge in [0.25, 0.3) is 0 Å². The van der Waals surface area contributed by atoms with Crippen LogP contribution in [-0.2, 0) is 9.47 Å². The summed E-state index contributed by atoms with van der Waals surface area (Å²) < 4.78 is 11.3. The Balaban J connectivity index is 2.13. The van der Waals surface area contributed by atoms with Crippen LogP contribution >= 0.6 is 0 Å². The molecule has 0 aromatic heterocycles. The van der Waals surface area contributed by atoms with Gasteiger partial charge in [-0.25, -0.2) is 0 Å². The molecule has 17 heavy (non-hydrogen) atoms. The van der Waals surface area contributed by atoms with Gasteiger partial charge in [-0.1, -0.05) is 27.2 Å². The summed E-state index contributed by atoms with van der Waals surface area (Å²) in [6, 6.07) is 0. The van der Waals surface area contributed by atoms with Gasteiger partial charge in [-0.05, 0) is 12.8 Å². The van der Waals surface area contributed by atoms with E-state index in [-0.39, 0.29) is 5.41 Å². The number of hydrogen-bond acceptors (Lipinski definition) is 4. The summed E-state index contributed by atoms with van der Waals surface area (Å²) in [7, 11) is 0. The number of ether oxygens (including phenoxy) is 2. The summed E-state index contributed by atoms with van der Waals surface area (Å²) in [6.07, 6.45) is 1.99. The molecule has 3 fully saturated rings. The predicted octanol–water partition coefficient (Wildman–Crippen LogP) is 1.26. The van der Waals surface area contributed by atoms with Crippen LogP contribution in [0.1, 0.15) is 40.0 Å². The van der Waals surface area contributed by atoms with E-state index in [4.69, 9.17) is 9.47 Å². The van der Waals surface area contributed by atoms with E-state index < -0.39 is 22.9 Å². The Bertz CT molecular complexity index is 350. The van der Waals surface area contributed by atoms with E-state index in [1.807, 2.05) is 20.8 Å². The van der Waals surface area contributed by atoms with Gasteiger partial charge in [0.15, 0.2) is 12.1 Å². The monoisotopic (exact) mass is 242 g/mol. The van der Waals surface area contributed by atoms with E-state index in [0.29, 0.717) is 13.2 Å². The van der Waals surface area contributed by atoms with Crippen LogP contribution in [0, 0.1) is 16.2 Å². The highest BCUT2D eigenvalue weighted by Gasteiger charge is 2.78. The second-order valence-corrected chi connectivity index (χ2v) is 6.94. The summed E-state index contributed by atoms with van der Waals surface area (Å²) in [6.45, 7) is 6.77. The first-order valence-corrected chi connectivity index (χ1v) is 6.45. The number of aliphatic hydroxyl groups is 2. The zero-order valence-electron chi connectivity index (χ0n) is 10.8. The maximum atomic E-state index is 11.1. The van der Waals surface area contributed by atoms with Crippen molar-refractivity contribution in [3.8, 4) is 0 Å². The second-order valence-electron chi connectivity index (χ2n) is 6.94. The standard InChI is InChI=1S/C13H22O4/c1-10(2,3)13(15)12-6-4-5-11(12,7-17-13)9(14)16-8-12/h9,14-15H,4-8H2,1-3H3/t9?,11-,12?,13?/m0/s1. The molecule has 3 aliphatic rings. The summed E-state index contributed by atoms with van der Waals surface area (Å²) in [5.74, 6) is -1.20. The van der Waals surface area contributed by atoms with E-state index in [2.05, 4.69) is 0 Å². The third kappa shape index (κ3) is 1.05. The topological polar surface area (TPSA) is 58.9 Å².